The van der Waals surface area contributed by atoms with E-state index in [1.807, 2.05) is 24.3 Å². The lowest BCUT2D eigenvalue weighted by Gasteiger charge is -2.23. The van der Waals surface area contributed by atoms with E-state index in [1.54, 1.807) is 0 Å². The minimum Gasteiger partial charge on any atom is -0.488 e. The van der Waals surface area contributed by atoms with Gasteiger partial charge in [-0.3, -0.25) is 0 Å². The fourth-order valence-electron chi connectivity index (χ4n) is 6.73. The van der Waals surface area contributed by atoms with Gasteiger partial charge in [0.05, 0.1) is 0 Å². The third-order valence-corrected chi connectivity index (χ3v) is 9.24. The van der Waals surface area contributed by atoms with Gasteiger partial charge in [0.1, 0.15) is 12.4 Å². The smallest absolute Gasteiger partial charge is 0.164 e. The molecule has 2 heterocycles. The molecule has 0 unspecified atom stereocenters. The van der Waals surface area contributed by atoms with Crippen LogP contribution in [-0.4, -0.2) is 15.0 Å². The highest BCUT2D eigenvalue weighted by Gasteiger charge is 2.21. The molecular formula is C46H31N3O. The van der Waals surface area contributed by atoms with Gasteiger partial charge in [-0.2, -0.15) is 0 Å². The summed E-state index contributed by atoms with van der Waals surface area (Å²) in [5, 5.41) is 0. The van der Waals surface area contributed by atoms with Crippen LogP contribution in [0.2, 0.25) is 0 Å². The normalized spacial score (nSPS) is 11.7. The predicted molar refractivity (Wildman–Crippen MR) is 202 cm³/mol. The number of nitrogens with zero attached hydrogens (tertiary/aromatic N) is 3. The van der Waals surface area contributed by atoms with Crippen molar-refractivity contribution in [3.63, 3.8) is 0 Å². The average molecular weight is 642 g/mol. The molecule has 236 valence electrons. The van der Waals surface area contributed by atoms with E-state index in [2.05, 4.69) is 152 Å². The maximum absolute atomic E-state index is 6.06. The minimum atomic E-state index is 0.561. The average Bonchev–Trinajstić information content (AvgIpc) is 3.21. The molecule has 0 spiro atoms. The third-order valence-electron chi connectivity index (χ3n) is 9.24. The highest BCUT2D eigenvalue weighted by molar-refractivity contribution is 5.89. The second-order valence-electron chi connectivity index (χ2n) is 12.4. The number of rotatable bonds is 6. The summed E-state index contributed by atoms with van der Waals surface area (Å²) in [4.78, 5) is 15.2. The Hall–Kier alpha value is -6.65. The summed E-state index contributed by atoms with van der Waals surface area (Å²) in [5.41, 5.74) is 13.1. The van der Waals surface area contributed by atoms with Crippen molar-refractivity contribution in [3.05, 3.63) is 181 Å². The summed E-state index contributed by atoms with van der Waals surface area (Å²) in [7, 11) is 0. The van der Waals surface area contributed by atoms with E-state index in [4.69, 9.17) is 19.7 Å². The molecule has 1 aliphatic rings. The molecule has 0 amide bonds. The van der Waals surface area contributed by atoms with Crippen molar-refractivity contribution < 1.29 is 4.74 Å². The van der Waals surface area contributed by atoms with E-state index >= 15 is 0 Å². The van der Waals surface area contributed by atoms with Crippen LogP contribution < -0.4 is 4.74 Å². The lowest BCUT2D eigenvalue weighted by atomic mass is 9.89. The van der Waals surface area contributed by atoms with Gasteiger partial charge >= 0.3 is 0 Å². The van der Waals surface area contributed by atoms with Crippen LogP contribution in [0.25, 0.3) is 78.7 Å². The number of aromatic nitrogens is 3. The molecule has 4 nitrogen and oxygen atoms in total. The molecule has 0 N–H and O–H groups in total. The van der Waals surface area contributed by atoms with Gasteiger partial charge in [0.2, 0.25) is 0 Å². The first kappa shape index (κ1) is 29.5. The molecule has 0 saturated heterocycles. The molecule has 50 heavy (non-hydrogen) atoms. The Morgan fingerprint density at radius 2 is 0.800 bits per heavy atom. The summed E-state index contributed by atoms with van der Waals surface area (Å²) in [6.07, 6.45) is 0. The molecule has 0 fully saturated rings. The van der Waals surface area contributed by atoms with Crippen molar-refractivity contribution >= 4 is 0 Å². The molecule has 1 aromatic heterocycles. The van der Waals surface area contributed by atoms with E-state index in [-0.39, 0.29) is 0 Å². The van der Waals surface area contributed by atoms with Gasteiger partial charge in [-0.25, -0.2) is 15.0 Å². The van der Waals surface area contributed by atoms with Crippen LogP contribution in [0.4, 0.5) is 0 Å². The Labute approximate surface area is 291 Å². The Morgan fingerprint density at radius 1 is 0.340 bits per heavy atom. The zero-order valence-electron chi connectivity index (χ0n) is 27.2. The molecule has 0 atom stereocenters. The highest BCUT2D eigenvalue weighted by atomic mass is 16.5. The fraction of sp³-hybridized carbons (Fsp3) is 0.0217. The number of hydrogen-bond donors (Lipinski definition) is 0. The van der Waals surface area contributed by atoms with Crippen LogP contribution in [0.3, 0.4) is 0 Å². The zero-order chi connectivity index (χ0) is 33.3. The number of fused-ring (bicyclic) bond motifs is 3. The number of hydrogen-bond acceptors (Lipinski definition) is 4. The molecule has 0 radical (unpaired) electrons. The van der Waals surface area contributed by atoms with Gasteiger partial charge in [-0.15, -0.1) is 0 Å². The monoisotopic (exact) mass is 641 g/mol. The number of para-hydroxylation sites is 1. The van der Waals surface area contributed by atoms with Gasteiger partial charge in [0.15, 0.2) is 17.5 Å². The van der Waals surface area contributed by atoms with Crippen LogP contribution in [0.1, 0.15) is 5.56 Å². The minimum absolute atomic E-state index is 0.561. The van der Waals surface area contributed by atoms with Crippen molar-refractivity contribution in [2.75, 3.05) is 0 Å². The van der Waals surface area contributed by atoms with Crippen LogP contribution in [0.15, 0.2) is 176 Å². The standard InChI is InChI=1S/C46H31N3O/c1-3-12-31(13-4-1)35-16-9-18-37(28-35)45-47-44(48-46(49-45)38-19-10-17-36(29-38)32-14-5-2-6-15-32)34-26-24-33(25-27-34)40-22-11-20-39-30-50-42-23-8-7-21-41(42)43(39)40/h1-29H,30H2. The largest absolute Gasteiger partial charge is 0.488 e. The van der Waals surface area contributed by atoms with Gasteiger partial charge in [0, 0.05) is 22.3 Å². The molecule has 7 aromatic carbocycles. The van der Waals surface area contributed by atoms with Crippen molar-refractivity contribution in [1.29, 1.82) is 0 Å². The second kappa shape index (κ2) is 12.8. The highest BCUT2D eigenvalue weighted by Crippen LogP contribution is 2.43. The fourth-order valence-corrected chi connectivity index (χ4v) is 6.73. The quantitative estimate of drug-likeness (QED) is 0.181. The Bertz CT molecular complexity index is 2370. The van der Waals surface area contributed by atoms with E-state index in [1.165, 1.54) is 16.7 Å². The lowest BCUT2D eigenvalue weighted by Crippen LogP contribution is -2.06. The maximum atomic E-state index is 6.06. The molecule has 9 rings (SSSR count). The number of benzene rings is 7. The topological polar surface area (TPSA) is 47.9 Å². The van der Waals surface area contributed by atoms with Crippen molar-refractivity contribution in [3.8, 4) is 84.4 Å². The summed E-state index contributed by atoms with van der Waals surface area (Å²) < 4.78 is 6.06. The van der Waals surface area contributed by atoms with Crippen molar-refractivity contribution in [1.82, 2.24) is 15.0 Å². The summed E-state index contributed by atoms with van der Waals surface area (Å²) in [6.45, 7) is 0.561. The first-order valence-electron chi connectivity index (χ1n) is 16.8. The predicted octanol–water partition coefficient (Wildman–Crippen LogP) is 11.4. The zero-order valence-corrected chi connectivity index (χ0v) is 27.2. The summed E-state index contributed by atoms with van der Waals surface area (Å²) in [5.74, 6) is 2.80. The van der Waals surface area contributed by atoms with Crippen molar-refractivity contribution in [2.24, 2.45) is 0 Å². The third kappa shape index (κ3) is 5.63. The molecule has 0 bridgehead atoms. The van der Waals surface area contributed by atoms with Gasteiger partial charge in [-0.1, -0.05) is 158 Å². The first-order valence-corrected chi connectivity index (χ1v) is 16.8. The maximum Gasteiger partial charge on any atom is 0.164 e. The van der Waals surface area contributed by atoms with Gasteiger partial charge < -0.3 is 4.74 Å². The SMILES string of the molecule is c1ccc(-c2cccc(-c3nc(-c4ccc(-c5cccc6c5-c5ccccc5OC6)cc4)nc(-c4cccc(-c5ccccc5)c4)n3)c2)cc1. The molecule has 0 aliphatic carbocycles. The van der Waals surface area contributed by atoms with Crippen LogP contribution >= 0.6 is 0 Å². The van der Waals surface area contributed by atoms with E-state index in [0.717, 1.165) is 55.8 Å². The molecule has 1 aliphatic heterocycles. The Morgan fingerprint density at radius 3 is 1.42 bits per heavy atom. The Kier molecular flexibility index (Phi) is 7.52. The molecule has 4 heteroatoms. The van der Waals surface area contributed by atoms with Crippen LogP contribution in [0, 0.1) is 0 Å². The summed E-state index contributed by atoms with van der Waals surface area (Å²) >= 11 is 0. The molecule has 0 saturated carbocycles. The second-order valence-corrected chi connectivity index (χ2v) is 12.4. The van der Waals surface area contributed by atoms with E-state index < -0.39 is 0 Å². The van der Waals surface area contributed by atoms with Crippen molar-refractivity contribution in [2.45, 2.75) is 6.61 Å². The molecule has 8 aromatic rings. The van der Waals surface area contributed by atoms with Crippen LogP contribution in [0.5, 0.6) is 5.75 Å². The first-order chi connectivity index (χ1) is 24.8. The molecular weight excluding hydrogens is 611 g/mol. The van der Waals surface area contributed by atoms with Crippen LogP contribution in [-0.2, 0) is 6.61 Å². The lowest BCUT2D eigenvalue weighted by molar-refractivity contribution is 0.302. The van der Waals surface area contributed by atoms with Gasteiger partial charge in [0.25, 0.3) is 0 Å². The van der Waals surface area contributed by atoms with Gasteiger partial charge in [-0.05, 0) is 62.7 Å². The van der Waals surface area contributed by atoms with E-state index in [9.17, 15) is 0 Å². The van der Waals surface area contributed by atoms with E-state index in [0.29, 0.717) is 24.1 Å². The Balaban J connectivity index is 1.15. The number of ether oxygens (including phenoxy) is 1. The summed E-state index contributed by atoms with van der Waals surface area (Å²) in [6, 6.07) is 60.9.